The van der Waals surface area contributed by atoms with Crippen molar-refractivity contribution in [2.45, 2.75) is 112 Å². The van der Waals surface area contributed by atoms with E-state index in [2.05, 4.69) is 15.4 Å². The fourth-order valence-corrected chi connectivity index (χ4v) is 12.1. The lowest BCUT2D eigenvalue weighted by Crippen LogP contribution is -2.37. The molecule has 0 bridgehead atoms. The summed E-state index contributed by atoms with van der Waals surface area (Å²) in [5.41, 5.74) is 8.95. The summed E-state index contributed by atoms with van der Waals surface area (Å²) in [5, 5.41) is 4.35. The average molecular weight is 974 g/mol. The van der Waals surface area contributed by atoms with Crippen LogP contribution in [0.4, 0.5) is 28.9 Å². The minimum atomic E-state index is -3.58. The summed E-state index contributed by atoms with van der Waals surface area (Å²) in [6.07, 6.45) is 10.6. The van der Waals surface area contributed by atoms with E-state index < -0.39 is 59.6 Å². The number of sulfonamides is 1. The van der Waals surface area contributed by atoms with Crippen molar-refractivity contribution in [3.8, 4) is 0 Å². The first-order valence-corrected chi connectivity index (χ1v) is 25.4. The second-order valence-electron chi connectivity index (χ2n) is 16.0. The molecule has 0 unspecified atom stereocenters. The van der Waals surface area contributed by atoms with Crippen molar-refractivity contribution in [3.05, 3.63) is 127 Å². The van der Waals surface area contributed by atoms with Gasteiger partial charge in [-0.2, -0.15) is 0 Å². The van der Waals surface area contributed by atoms with Crippen LogP contribution in [0, 0.1) is 23.3 Å². The second-order valence-corrected chi connectivity index (χ2v) is 21.8. The number of nitrogens with one attached hydrogen (secondary N) is 3. The molecule has 2 atom stereocenters. The smallest absolute Gasteiger partial charge is 0.255 e. The van der Waals surface area contributed by atoms with Crippen LogP contribution < -0.4 is 21.1 Å². The second kappa shape index (κ2) is 21.0. The number of carbonyl (C=O) groups is 2. The highest BCUT2D eigenvalue weighted by Gasteiger charge is 2.36. The van der Waals surface area contributed by atoms with Crippen LogP contribution in [0.2, 0.25) is 10.0 Å². The lowest BCUT2D eigenvalue weighted by atomic mass is 10.0. The monoisotopic (exact) mass is 972 g/mol. The van der Waals surface area contributed by atoms with Crippen LogP contribution in [0.5, 0.6) is 0 Å². The van der Waals surface area contributed by atoms with E-state index in [1.807, 2.05) is 0 Å². The van der Waals surface area contributed by atoms with Crippen molar-refractivity contribution >= 4 is 76.1 Å². The molecule has 4 aliphatic carbocycles. The Balaban J connectivity index is 0.000000178. The molecule has 5 N–H and O–H groups in total. The number of halogens is 7. The van der Waals surface area contributed by atoms with Gasteiger partial charge in [-0.25, -0.2) is 39.1 Å². The first-order chi connectivity index (χ1) is 29.8. The summed E-state index contributed by atoms with van der Waals surface area (Å²) in [6.45, 7) is 0. The molecule has 0 aliphatic heterocycles. The molecule has 0 spiro atoms. The quantitative estimate of drug-likeness (QED) is 0.101. The molecule has 10 nitrogen and oxygen atoms in total. The lowest BCUT2D eigenvalue weighted by Gasteiger charge is -2.24. The third kappa shape index (κ3) is 12.1. The van der Waals surface area contributed by atoms with E-state index in [4.69, 9.17) is 39.6 Å². The predicted molar refractivity (Wildman–Crippen MR) is 238 cm³/mol. The molecule has 0 radical (unpaired) electrons. The molecule has 19 heteroatoms. The minimum Gasteiger partial charge on any atom is -0.324 e. The zero-order valence-electron chi connectivity index (χ0n) is 34.0. The molecule has 2 amide bonds. The van der Waals surface area contributed by atoms with Gasteiger partial charge in [0, 0.05) is 50.4 Å². The van der Waals surface area contributed by atoms with Crippen molar-refractivity contribution in [2.24, 2.45) is 5.73 Å². The van der Waals surface area contributed by atoms with Gasteiger partial charge in [-0.15, -0.1) is 0 Å². The highest BCUT2D eigenvalue weighted by atomic mass is 35.7. The zero-order chi connectivity index (χ0) is 45.6. The Labute approximate surface area is 379 Å². The van der Waals surface area contributed by atoms with E-state index in [1.165, 1.54) is 54.6 Å². The number of amides is 2. The Morgan fingerprint density at radius 2 is 1.00 bits per heavy atom. The maximum absolute atomic E-state index is 14.7. The van der Waals surface area contributed by atoms with Crippen LogP contribution >= 0.6 is 33.9 Å². The summed E-state index contributed by atoms with van der Waals surface area (Å²) in [5.74, 6) is -2.97. The van der Waals surface area contributed by atoms with Gasteiger partial charge in [-0.05, 0) is 123 Å². The first-order valence-electron chi connectivity index (χ1n) is 20.7. The van der Waals surface area contributed by atoms with Gasteiger partial charge in [0.25, 0.3) is 11.8 Å². The van der Waals surface area contributed by atoms with Crippen molar-refractivity contribution in [2.75, 3.05) is 10.6 Å². The molecule has 4 aliphatic rings. The molecule has 2 fully saturated rings. The molecule has 0 saturated heterocycles. The van der Waals surface area contributed by atoms with E-state index in [9.17, 15) is 44.0 Å². The van der Waals surface area contributed by atoms with Crippen LogP contribution in [0.15, 0.2) is 60.7 Å². The van der Waals surface area contributed by atoms with Gasteiger partial charge in [0.2, 0.25) is 19.1 Å². The van der Waals surface area contributed by atoms with Gasteiger partial charge in [0.15, 0.2) is 0 Å². The molecule has 0 heterocycles. The SMILES string of the molecule is N[C@H]1CCc2c(C(=O)Nc3ccc(F)c(Cl)c3)ccc(F)c21.O=C(Nc1ccc(F)c(Cl)c1)c1ccc(F)c2c1CC[C@@H]2NS(=O)(=O)C1CCCCC1.O=S(=O)(Cl)C1CCCCC1. The number of hydrogen-bond donors (Lipinski definition) is 4. The van der Waals surface area contributed by atoms with E-state index in [-0.39, 0.29) is 38.3 Å². The number of nitrogens with two attached hydrogens (primary N) is 1. The molecule has 4 aromatic carbocycles. The molecular formula is C44H47Cl3F4N4O6S2. The van der Waals surface area contributed by atoms with Crippen LogP contribution in [0.3, 0.4) is 0 Å². The summed E-state index contributed by atoms with van der Waals surface area (Å²) in [7, 11) is -1.65. The van der Waals surface area contributed by atoms with Gasteiger partial charge in [0.1, 0.15) is 23.3 Å². The number of rotatable bonds is 8. The topological polar surface area (TPSA) is 165 Å². The molecule has 8 rings (SSSR count). The Morgan fingerprint density at radius 3 is 1.46 bits per heavy atom. The number of hydrogen-bond acceptors (Lipinski definition) is 7. The molecular weight excluding hydrogens is 927 g/mol. The maximum Gasteiger partial charge on any atom is 0.255 e. The standard InChI is InChI=1S/C22H23ClF2N2O3S.C16H13ClF2N2O.C6H11ClO2S/c23-17-12-13(6-9-18(17)24)26-22(28)16-7-10-19(25)21-15(16)8-11-20(21)27-31(29,30)14-4-2-1-3-5-14;17-11-7-8(1-4-12(11)18)21-16(22)10-2-5-13(19)15-9(10)3-6-14(15)20;7-10(8,9)6-4-2-1-3-5-6/h6-7,9-10,12,14,20,27H,1-5,8,11H2,(H,26,28);1-2,4-5,7,14H,3,6,20H2,(H,21,22);6H,1-5H2/t20-;14-;/m00./s1. The van der Waals surface area contributed by atoms with E-state index >= 15 is 0 Å². The number of benzene rings is 4. The zero-order valence-corrected chi connectivity index (χ0v) is 37.9. The third-order valence-electron chi connectivity index (χ3n) is 11.8. The molecule has 2 saturated carbocycles. The van der Waals surface area contributed by atoms with E-state index in [0.29, 0.717) is 72.2 Å². The molecule has 63 heavy (non-hydrogen) atoms. The van der Waals surface area contributed by atoms with Gasteiger partial charge < -0.3 is 16.4 Å². The van der Waals surface area contributed by atoms with Gasteiger partial charge in [-0.1, -0.05) is 61.7 Å². The Hall–Kier alpha value is -3.77. The van der Waals surface area contributed by atoms with Crippen molar-refractivity contribution in [3.63, 3.8) is 0 Å². The highest BCUT2D eigenvalue weighted by molar-refractivity contribution is 8.14. The largest absolute Gasteiger partial charge is 0.324 e. The highest BCUT2D eigenvalue weighted by Crippen LogP contribution is 2.38. The Kier molecular flexibility index (Phi) is 16.3. The predicted octanol–water partition coefficient (Wildman–Crippen LogP) is 10.8. The minimum absolute atomic E-state index is 0.0795. The number of fused-ring (bicyclic) bond motifs is 2. The van der Waals surface area contributed by atoms with Crippen LogP contribution in [0.25, 0.3) is 0 Å². The number of carbonyl (C=O) groups excluding carboxylic acids is 2. The van der Waals surface area contributed by atoms with Crippen LogP contribution in [-0.2, 0) is 31.9 Å². The van der Waals surface area contributed by atoms with E-state index in [0.717, 1.165) is 57.4 Å². The van der Waals surface area contributed by atoms with Gasteiger partial charge in [-0.3, -0.25) is 9.59 Å². The van der Waals surface area contributed by atoms with Crippen molar-refractivity contribution in [1.29, 1.82) is 0 Å². The summed E-state index contributed by atoms with van der Waals surface area (Å²) >= 11 is 11.4. The third-order valence-corrected chi connectivity index (χ3v) is 16.4. The lowest BCUT2D eigenvalue weighted by molar-refractivity contribution is 0.101. The maximum atomic E-state index is 14.7. The van der Waals surface area contributed by atoms with Gasteiger partial charge in [0.05, 0.1) is 26.6 Å². The molecule has 4 aromatic rings. The van der Waals surface area contributed by atoms with Crippen LogP contribution in [-0.4, -0.2) is 39.1 Å². The van der Waals surface area contributed by atoms with E-state index in [1.54, 1.807) is 0 Å². The summed E-state index contributed by atoms with van der Waals surface area (Å²) in [4.78, 5) is 25.2. The number of anilines is 2. The fourth-order valence-electron chi connectivity index (χ4n) is 8.57. The average Bonchev–Trinajstić information content (AvgIpc) is 3.86. The Bertz CT molecular complexity index is 2580. The normalized spacial score (nSPS) is 18.9. The molecule has 0 aromatic heterocycles. The van der Waals surface area contributed by atoms with Crippen molar-refractivity contribution < 1.29 is 44.0 Å². The van der Waals surface area contributed by atoms with Gasteiger partial charge >= 0.3 is 0 Å². The Morgan fingerprint density at radius 1 is 0.571 bits per heavy atom. The fraction of sp³-hybridized carbons (Fsp3) is 0.409. The van der Waals surface area contributed by atoms with Crippen molar-refractivity contribution in [1.82, 2.24) is 4.72 Å². The summed E-state index contributed by atoms with van der Waals surface area (Å²) < 4.78 is 105. The first kappa shape index (κ1) is 48.7. The molecule has 340 valence electrons. The summed E-state index contributed by atoms with van der Waals surface area (Å²) in [6, 6.07) is 11.9. The van der Waals surface area contributed by atoms with Crippen LogP contribution in [0.1, 0.15) is 132 Å².